The van der Waals surface area contributed by atoms with Gasteiger partial charge in [-0.3, -0.25) is 9.59 Å². The molecule has 3 rings (SSSR count). The summed E-state index contributed by atoms with van der Waals surface area (Å²) in [5.74, 6) is -1.31. The van der Waals surface area contributed by atoms with Gasteiger partial charge in [0, 0.05) is 11.4 Å². The summed E-state index contributed by atoms with van der Waals surface area (Å²) in [7, 11) is 0. The number of nitrogens with one attached hydrogen (secondary N) is 4. The van der Waals surface area contributed by atoms with E-state index in [2.05, 4.69) is 21.3 Å². The van der Waals surface area contributed by atoms with Gasteiger partial charge in [-0.05, 0) is 55.0 Å². The third-order valence-electron chi connectivity index (χ3n) is 4.58. The van der Waals surface area contributed by atoms with E-state index in [0.29, 0.717) is 5.69 Å². The SMILES string of the molecule is Cc1cccc(NC(=O)NCC(=O)Nc2ccccc2C(=O)Nc2cccc(C(F)(F)F)c2)c1. The van der Waals surface area contributed by atoms with Crippen LogP contribution in [0.4, 0.5) is 35.0 Å². The number of halogens is 3. The maximum Gasteiger partial charge on any atom is 0.416 e. The molecule has 4 N–H and O–H groups in total. The molecule has 0 atom stereocenters. The van der Waals surface area contributed by atoms with Crippen molar-refractivity contribution in [3.8, 4) is 0 Å². The number of hydrogen-bond donors (Lipinski definition) is 4. The van der Waals surface area contributed by atoms with Gasteiger partial charge in [0.25, 0.3) is 5.91 Å². The Morgan fingerprint density at radius 3 is 2.18 bits per heavy atom. The Hall–Kier alpha value is -4.34. The van der Waals surface area contributed by atoms with Crippen LogP contribution in [0.2, 0.25) is 0 Å². The molecule has 0 saturated heterocycles. The Morgan fingerprint density at radius 1 is 0.794 bits per heavy atom. The number of anilines is 3. The fourth-order valence-electron chi connectivity index (χ4n) is 3.01. The van der Waals surface area contributed by atoms with Crippen molar-refractivity contribution in [2.45, 2.75) is 13.1 Å². The molecule has 3 aromatic carbocycles. The standard InChI is InChI=1S/C24H21F3N4O3/c1-15-6-4-8-17(12-15)30-23(34)28-14-21(32)31-20-11-3-2-10-19(20)22(33)29-18-9-5-7-16(13-18)24(25,26)27/h2-13H,14H2,1H3,(H,29,33)(H,31,32)(H2,28,30,34). The molecule has 0 radical (unpaired) electrons. The minimum absolute atomic E-state index is 0.0393. The number of rotatable bonds is 6. The average Bonchev–Trinajstić information content (AvgIpc) is 2.78. The van der Waals surface area contributed by atoms with Gasteiger partial charge in [0.1, 0.15) is 0 Å². The maximum absolute atomic E-state index is 12.9. The molecule has 0 aromatic heterocycles. The first-order valence-electron chi connectivity index (χ1n) is 10.1. The van der Waals surface area contributed by atoms with Gasteiger partial charge in [-0.25, -0.2) is 4.79 Å². The van der Waals surface area contributed by atoms with Crippen LogP contribution in [0, 0.1) is 6.92 Å². The van der Waals surface area contributed by atoms with E-state index in [1.165, 1.54) is 24.3 Å². The lowest BCUT2D eigenvalue weighted by atomic mass is 10.1. The number of benzene rings is 3. The van der Waals surface area contributed by atoms with Gasteiger partial charge in [0.2, 0.25) is 5.91 Å². The largest absolute Gasteiger partial charge is 0.416 e. The quantitative estimate of drug-likeness (QED) is 0.407. The monoisotopic (exact) mass is 470 g/mol. The summed E-state index contributed by atoms with van der Waals surface area (Å²) in [6.45, 7) is 1.50. The molecule has 176 valence electrons. The van der Waals surface area contributed by atoms with Crippen LogP contribution >= 0.6 is 0 Å². The van der Waals surface area contributed by atoms with Gasteiger partial charge in [-0.15, -0.1) is 0 Å². The van der Waals surface area contributed by atoms with Crippen molar-refractivity contribution in [2.75, 3.05) is 22.5 Å². The van der Waals surface area contributed by atoms with Crippen molar-refractivity contribution in [2.24, 2.45) is 0 Å². The molecule has 0 fully saturated rings. The van der Waals surface area contributed by atoms with E-state index in [1.54, 1.807) is 30.3 Å². The molecule has 0 bridgehead atoms. The summed E-state index contributed by atoms with van der Waals surface area (Å²) in [4.78, 5) is 37.0. The summed E-state index contributed by atoms with van der Waals surface area (Å²) in [5.41, 5.74) is 0.748. The van der Waals surface area contributed by atoms with Crippen molar-refractivity contribution >= 4 is 34.9 Å². The highest BCUT2D eigenvalue weighted by atomic mass is 19.4. The second-order valence-corrected chi connectivity index (χ2v) is 7.30. The zero-order valence-electron chi connectivity index (χ0n) is 18.0. The molecular formula is C24H21F3N4O3. The minimum atomic E-state index is -4.55. The smallest absolute Gasteiger partial charge is 0.329 e. The Labute approximate surface area is 193 Å². The van der Waals surface area contributed by atoms with Crippen molar-refractivity contribution in [3.63, 3.8) is 0 Å². The summed E-state index contributed by atoms with van der Waals surface area (Å²) in [6.07, 6.45) is -4.55. The van der Waals surface area contributed by atoms with Gasteiger partial charge < -0.3 is 21.3 Å². The highest BCUT2D eigenvalue weighted by molar-refractivity contribution is 6.10. The normalized spacial score (nSPS) is 10.8. The van der Waals surface area contributed by atoms with Gasteiger partial charge >= 0.3 is 12.2 Å². The van der Waals surface area contributed by atoms with Crippen LogP contribution < -0.4 is 21.3 Å². The maximum atomic E-state index is 12.9. The molecule has 0 spiro atoms. The number of para-hydroxylation sites is 1. The zero-order valence-corrected chi connectivity index (χ0v) is 18.0. The second-order valence-electron chi connectivity index (χ2n) is 7.30. The molecular weight excluding hydrogens is 449 g/mol. The Balaban J connectivity index is 1.60. The van der Waals surface area contributed by atoms with Gasteiger partial charge in [-0.1, -0.05) is 30.3 Å². The summed E-state index contributed by atoms with van der Waals surface area (Å²) < 4.78 is 38.7. The van der Waals surface area contributed by atoms with E-state index in [-0.39, 0.29) is 23.5 Å². The van der Waals surface area contributed by atoms with Crippen LogP contribution in [0.5, 0.6) is 0 Å². The van der Waals surface area contributed by atoms with Crippen LogP contribution in [0.25, 0.3) is 0 Å². The molecule has 0 unspecified atom stereocenters. The molecule has 0 aliphatic carbocycles. The van der Waals surface area contributed by atoms with E-state index in [9.17, 15) is 27.6 Å². The first kappa shape index (κ1) is 24.3. The number of hydrogen-bond acceptors (Lipinski definition) is 3. The van der Waals surface area contributed by atoms with Crippen molar-refractivity contribution in [3.05, 3.63) is 89.5 Å². The van der Waals surface area contributed by atoms with E-state index in [0.717, 1.165) is 17.7 Å². The number of alkyl halides is 3. The predicted octanol–water partition coefficient (Wildman–Crippen LogP) is 5.03. The van der Waals surface area contributed by atoms with E-state index < -0.39 is 29.6 Å². The van der Waals surface area contributed by atoms with Crippen molar-refractivity contribution < 1.29 is 27.6 Å². The lowest BCUT2D eigenvalue weighted by Crippen LogP contribution is -2.36. The fraction of sp³-hybridized carbons (Fsp3) is 0.125. The van der Waals surface area contributed by atoms with Gasteiger partial charge in [-0.2, -0.15) is 13.2 Å². The molecule has 34 heavy (non-hydrogen) atoms. The van der Waals surface area contributed by atoms with Gasteiger partial charge in [0.15, 0.2) is 0 Å². The number of carbonyl (C=O) groups is 3. The third-order valence-corrected chi connectivity index (χ3v) is 4.58. The molecule has 0 aliphatic heterocycles. The highest BCUT2D eigenvalue weighted by Gasteiger charge is 2.30. The van der Waals surface area contributed by atoms with Crippen LogP contribution in [-0.2, 0) is 11.0 Å². The summed E-state index contributed by atoms with van der Waals surface area (Å²) in [6, 6.07) is 16.7. The molecule has 0 saturated carbocycles. The van der Waals surface area contributed by atoms with Gasteiger partial charge in [0.05, 0.1) is 23.4 Å². The summed E-state index contributed by atoms with van der Waals surface area (Å²) in [5, 5.41) is 9.93. The Bertz CT molecular complexity index is 1210. The van der Waals surface area contributed by atoms with Crippen LogP contribution in [0.15, 0.2) is 72.8 Å². The molecule has 10 heteroatoms. The first-order chi connectivity index (χ1) is 16.1. The number of carbonyl (C=O) groups excluding carboxylic acids is 3. The minimum Gasteiger partial charge on any atom is -0.329 e. The lowest BCUT2D eigenvalue weighted by Gasteiger charge is -2.13. The fourth-order valence-corrected chi connectivity index (χ4v) is 3.01. The van der Waals surface area contributed by atoms with E-state index >= 15 is 0 Å². The average molecular weight is 470 g/mol. The first-order valence-corrected chi connectivity index (χ1v) is 10.1. The Kier molecular flexibility index (Phi) is 7.52. The second kappa shape index (κ2) is 10.5. The molecule has 7 nitrogen and oxygen atoms in total. The third kappa shape index (κ3) is 6.83. The van der Waals surface area contributed by atoms with Crippen LogP contribution in [0.1, 0.15) is 21.5 Å². The molecule has 3 aromatic rings. The number of aryl methyl sites for hydroxylation is 1. The van der Waals surface area contributed by atoms with Crippen LogP contribution in [-0.4, -0.2) is 24.4 Å². The summed E-state index contributed by atoms with van der Waals surface area (Å²) >= 11 is 0. The van der Waals surface area contributed by atoms with Crippen LogP contribution in [0.3, 0.4) is 0 Å². The molecule has 0 aliphatic rings. The lowest BCUT2D eigenvalue weighted by molar-refractivity contribution is -0.137. The Morgan fingerprint density at radius 2 is 1.47 bits per heavy atom. The number of amides is 4. The topological polar surface area (TPSA) is 99.3 Å². The highest BCUT2D eigenvalue weighted by Crippen LogP contribution is 2.31. The van der Waals surface area contributed by atoms with Crippen molar-refractivity contribution in [1.82, 2.24) is 5.32 Å². The predicted molar refractivity (Wildman–Crippen MR) is 123 cm³/mol. The van der Waals surface area contributed by atoms with E-state index in [1.807, 2.05) is 13.0 Å². The van der Waals surface area contributed by atoms with Crippen molar-refractivity contribution in [1.29, 1.82) is 0 Å². The number of urea groups is 1. The zero-order chi connectivity index (χ0) is 24.7. The van der Waals surface area contributed by atoms with E-state index in [4.69, 9.17) is 0 Å². The molecule has 0 heterocycles. The molecule has 4 amide bonds.